The molecule has 1 aromatic carbocycles. The summed E-state index contributed by atoms with van der Waals surface area (Å²) in [6.45, 7) is 4.29. The summed E-state index contributed by atoms with van der Waals surface area (Å²) in [5, 5.41) is 0. The fourth-order valence-corrected chi connectivity index (χ4v) is 1.41. The van der Waals surface area contributed by atoms with Crippen LogP contribution >= 0.6 is 0 Å². The van der Waals surface area contributed by atoms with E-state index in [0.29, 0.717) is 0 Å². The molecule has 0 saturated carbocycles. The zero-order chi connectivity index (χ0) is 19.1. The van der Waals surface area contributed by atoms with Gasteiger partial charge in [0.2, 0.25) is 34.8 Å². The Hall–Kier alpha value is -2.49. The van der Waals surface area contributed by atoms with E-state index in [4.69, 9.17) is 4.74 Å². The van der Waals surface area contributed by atoms with Gasteiger partial charge in [-0.2, -0.15) is 8.78 Å². The predicted molar refractivity (Wildman–Crippen MR) is 73.1 cm³/mol. The molecule has 0 aliphatic heterocycles. The van der Waals surface area contributed by atoms with Gasteiger partial charge in [0.15, 0.2) is 0 Å². The molecular formula is C15H13F5O5. The number of rotatable bonds is 8. The van der Waals surface area contributed by atoms with Crippen molar-refractivity contribution in [2.45, 2.75) is 13.3 Å². The van der Waals surface area contributed by atoms with Gasteiger partial charge in [-0.15, -0.1) is 0 Å². The first-order valence-corrected chi connectivity index (χ1v) is 6.79. The van der Waals surface area contributed by atoms with Crippen molar-refractivity contribution in [3.63, 3.8) is 0 Å². The van der Waals surface area contributed by atoms with E-state index in [1.165, 1.54) is 6.92 Å². The van der Waals surface area contributed by atoms with Gasteiger partial charge in [0.05, 0.1) is 19.6 Å². The average Bonchev–Trinajstić information content (AvgIpc) is 2.57. The van der Waals surface area contributed by atoms with Crippen LogP contribution in [0.5, 0.6) is 5.75 Å². The van der Waals surface area contributed by atoms with E-state index in [-0.39, 0.29) is 25.4 Å². The van der Waals surface area contributed by atoms with Crippen LogP contribution < -0.4 is 4.74 Å². The van der Waals surface area contributed by atoms with Gasteiger partial charge in [0.25, 0.3) is 0 Å². The van der Waals surface area contributed by atoms with Crippen molar-refractivity contribution >= 4 is 11.9 Å². The van der Waals surface area contributed by atoms with Crippen molar-refractivity contribution in [1.29, 1.82) is 0 Å². The van der Waals surface area contributed by atoms with E-state index in [1.54, 1.807) is 0 Å². The smallest absolute Gasteiger partial charge is 0.333 e. The van der Waals surface area contributed by atoms with Crippen molar-refractivity contribution in [3.05, 3.63) is 41.2 Å². The molecule has 0 aromatic heterocycles. The maximum absolute atomic E-state index is 13.3. The summed E-state index contributed by atoms with van der Waals surface area (Å²) in [6.07, 6.45) is -0.534. The SMILES string of the molecule is C=C(C)C(=O)OCCOCCC(=O)Oc1c(F)c(F)c(F)c(F)c1F. The monoisotopic (exact) mass is 368 g/mol. The fourth-order valence-electron chi connectivity index (χ4n) is 1.41. The molecule has 0 aliphatic carbocycles. The van der Waals surface area contributed by atoms with Crippen LogP contribution in [0.15, 0.2) is 12.2 Å². The molecule has 0 unspecified atom stereocenters. The maximum atomic E-state index is 13.3. The molecule has 0 saturated heterocycles. The highest BCUT2D eigenvalue weighted by Gasteiger charge is 2.28. The Balaban J connectivity index is 2.46. The topological polar surface area (TPSA) is 61.8 Å². The maximum Gasteiger partial charge on any atom is 0.333 e. The average molecular weight is 368 g/mol. The molecule has 0 heterocycles. The number of carbonyl (C=O) groups is 2. The van der Waals surface area contributed by atoms with Gasteiger partial charge in [-0.1, -0.05) is 6.58 Å². The number of esters is 2. The number of hydrogen-bond donors (Lipinski definition) is 0. The third-order valence-corrected chi connectivity index (χ3v) is 2.65. The number of ether oxygens (including phenoxy) is 3. The molecule has 0 fully saturated rings. The van der Waals surface area contributed by atoms with E-state index >= 15 is 0 Å². The molecular weight excluding hydrogens is 355 g/mol. The second-order valence-electron chi connectivity index (χ2n) is 4.65. The molecule has 0 N–H and O–H groups in total. The minimum absolute atomic E-state index is 0.0885. The van der Waals surface area contributed by atoms with Crippen LogP contribution in [-0.2, 0) is 19.1 Å². The summed E-state index contributed by atoms with van der Waals surface area (Å²) in [4.78, 5) is 22.4. The van der Waals surface area contributed by atoms with Crippen molar-refractivity contribution in [3.8, 4) is 5.75 Å². The van der Waals surface area contributed by atoms with Gasteiger partial charge >= 0.3 is 11.9 Å². The third-order valence-electron chi connectivity index (χ3n) is 2.65. The molecule has 0 bridgehead atoms. The van der Waals surface area contributed by atoms with Crippen LogP contribution in [-0.4, -0.2) is 31.8 Å². The zero-order valence-corrected chi connectivity index (χ0v) is 13.0. The van der Waals surface area contributed by atoms with Gasteiger partial charge in [0, 0.05) is 5.57 Å². The lowest BCUT2D eigenvalue weighted by Gasteiger charge is -2.09. The molecule has 138 valence electrons. The molecule has 0 aliphatic rings. The fraction of sp³-hybridized carbons (Fsp3) is 0.333. The first-order valence-electron chi connectivity index (χ1n) is 6.79. The van der Waals surface area contributed by atoms with E-state index in [0.717, 1.165) is 0 Å². The molecule has 0 spiro atoms. The van der Waals surface area contributed by atoms with Crippen LogP contribution in [0.4, 0.5) is 22.0 Å². The van der Waals surface area contributed by atoms with Crippen molar-refractivity contribution < 1.29 is 45.8 Å². The summed E-state index contributed by atoms with van der Waals surface area (Å²) in [5.74, 6) is -14.9. The summed E-state index contributed by atoms with van der Waals surface area (Å²) in [5.41, 5.74) is 0.186. The minimum Gasteiger partial charge on any atom is -0.460 e. The quantitative estimate of drug-likeness (QED) is 0.134. The highest BCUT2D eigenvalue weighted by atomic mass is 19.2. The van der Waals surface area contributed by atoms with Crippen LogP contribution in [0.1, 0.15) is 13.3 Å². The molecule has 0 radical (unpaired) electrons. The Morgan fingerprint density at radius 2 is 1.40 bits per heavy atom. The van der Waals surface area contributed by atoms with Gasteiger partial charge in [-0.05, 0) is 6.92 Å². The molecule has 25 heavy (non-hydrogen) atoms. The predicted octanol–water partition coefficient (Wildman–Crippen LogP) is 2.81. The first kappa shape index (κ1) is 20.6. The standard InChI is InChI=1S/C15H13F5O5/c1-7(2)15(22)24-6-5-23-4-3-8(21)25-14-12(19)10(17)9(16)11(18)13(14)20/h1,3-6H2,2H3. The highest BCUT2D eigenvalue weighted by molar-refractivity contribution is 5.86. The van der Waals surface area contributed by atoms with Gasteiger partial charge in [0.1, 0.15) is 6.61 Å². The minimum atomic E-state index is -2.36. The lowest BCUT2D eigenvalue weighted by Crippen LogP contribution is -2.16. The van der Waals surface area contributed by atoms with Gasteiger partial charge in [-0.25, -0.2) is 18.0 Å². The highest BCUT2D eigenvalue weighted by Crippen LogP contribution is 2.29. The summed E-state index contributed by atoms with van der Waals surface area (Å²) in [6, 6.07) is 0. The Labute approximate surface area is 139 Å². The molecule has 10 heteroatoms. The summed E-state index contributed by atoms with van der Waals surface area (Å²) < 4.78 is 79.1. The molecule has 1 aromatic rings. The molecule has 0 amide bonds. The van der Waals surface area contributed by atoms with Crippen LogP contribution in [0.3, 0.4) is 0 Å². The van der Waals surface area contributed by atoms with Gasteiger partial charge < -0.3 is 14.2 Å². The number of carbonyl (C=O) groups excluding carboxylic acids is 2. The normalized spacial score (nSPS) is 10.5. The summed E-state index contributed by atoms with van der Waals surface area (Å²) in [7, 11) is 0. The Kier molecular flexibility index (Phi) is 7.49. The van der Waals surface area contributed by atoms with Crippen molar-refractivity contribution in [2.24, 2.45) is 0 Å². The number of hydrogen-bond acceptors (Lipinski definition) is 5. The zero-order valence-electron chi connectivity index (χ0n) is 13.0. The molecule has 1 rings (SSSR count). The van der Waals surface area contributed by atoms with Crippen LogP contribution in [0.25, 0.3) is 0 Å². The largest absolute Gasteiger partial charge is 0.460 e. The van der Waals surface area contributed by atoms with Crippen LogP contribution in [0, 0.1) is 29.1 Å². The lowest BCUT2D eigenvalue weighted by atomic mass is 10.2. The first-order chi connectivity index (χ1) is 11.7. The number of benzene rings is 1. The lowest BCUT2D eigenvalue weighted by molar-refractivity contribution is -0.141. The Morgan fingerprint density at radius 3 is 1.92 bits per heavy atom. The van der Waals surface area contributed by atoms with Crippen molar-refractivity contribution in [2.75, 3.05) is 19.8 Å². The summed E-state index contributed by atoms with van der Waals surface area (Å²) >= 11 is 0. The molecule has 5 nitrogen and oxygen atoms in total. The second kappa shape index (κ2) is 9.11. The third kappa shape index (κ3) is 5.52. The van der Waals surface area contributed by atoms with E-state index in [9.17, 15) is 31.5 Å². The van der Waals surface area contributed by atoms with E-state index < -0.39 is 53.2 Å². The van der Waals surface area contributed by atoms with E-state index in [1.807, 2.05) is 0 Å². The van der Waals surface area contributed by atoms with Crippen LogP contribution in [0.2, 0.25) is 0 Å². The Morgan fingerprint density at radius 1 is 0.880 bits per heavy atom. The van der Waals surface area contributed by atoms with Crippen molar-refractivity contribution in [1.82, 2.24) is 0 Å². The van der Waals surface area contributed by atoms with Gasteiger partial charge in [-0.3, -0.25) is 4.79 Å². The molecule has 0 atom stereocenters. The van der Waals surface area contributed by atoms with E-state index in [2.05, 4.69) is 16.1 Å². The second-order valence-corrected chi connectivity index (χ2v) is 4.65. The Bertz CT molecular complexity index is 660. The number of halogens is 5.